The van der Waals surface area contributed by atoms with Crippen molar-refractivity contribution in [2.45, 2.75) is 51.2 Å². The van der Waals surface area contributed by atoms with Crippen molar-refractivity contribution in [1.82, 2.24) is 14.0 Å². The molecule has 3 aromatic rings. The predicted molar refractivity (Wildman–Crippen MR) is 150 cm³/mol. The van der Waals surface area contributed by atoms with Crippen LogP contribution in [-0.4, -0.2) is 46.1 Å². The highest BCUT2D eigenvalue weighted by Crippen LogP contribution is 2.71. The molecule has 9 heteroatoms. The van der Waals surface area contributed by atoms with Crippen molar-refractivity contribution < 1.29 is 17.8 Å². The monoisotopic (exact) mass is 561 g/mol. The molecule has 39 heavy (non-hydrogen) atoms. The van der Waals surface area contributed by atoms with Gasteiger partial charge in [0, 0.05) is 22.2 Å². The Morgan fingerprint density at radius 1 is 0.949 bits per heavy atom. The number of sulfonamides is 1. The van der Waals surface area contributed by atoms with E-state index in [2.05, 4.69) is 18.8 Å². The number of aromatic nitrogens is 1. The number of rotatable bonds is 5. The van der Waals surface area contributed by atoms with Crippen LogP contribution in [0.25, 0.3) is 0 Å². The summed E-state index contributed by atoms with van der Waals surface area (Å²) in [5, 5.41) is 1.21. The first-order valence-electron chi connectivity index (χ1n) is 13.6. The van der Waals surface area contributed by atoms with Crippen molar-refractivity contribution >= 4 is 33.8 Å². The lowest BCUT2D eigenvalue weighted by Crippen LogP contribution is -2.46. The van der Waals surface area contributed by atoms with Crippen LogP contribution < -0.4 is 10.6 Å². The Labute approximate surface area is 229 Å². The zero-order valence-electron chi connectivity index (χ0n) is 22.1. The third-order valence-corrected chi connectivity index (χ3v) is 15.2. The van der Waals surface area contributed by atoms with Crippen molar-refractivity contribution in [2.75, 3.05) is 5.75 Å². The smallest absolute Gasteiger partial charge is 0.256 e. The maximum atomic E-state index is 15.3. The molecule has 1 unspecified atom stereocenters. The van der Waals surface area contributed by atoms with Crippen LogP contribution in [0.1, 0.15) is 44.8 Å². The van der Waals surface area contributed by atoms with E-state index in [0.717, 1.165) is 12.8 Å². The van der Waals surface area contributed by atoms with Crippen LogP contribution in [0.4, 0.5) is 0 Å². The van der Waals surface area contributed by atoms with E-state index in [4.69, 9.17) is 0 Å². The summed E-state index contributed by atoms with van der Waals surface area (Å²) in [6.45, 7) is 4.35. The second-order valence-electron chi connectivity index (χ2n) is 12.0. The summed E-state index contributed by atoms with van der Waals surface area (Å²) < 4.78 is 45.8. The average molecular weight is 562 g/mol. The maximum absolute atomic E-state index is 15.3. The number of fused-ring (bicyclic) bond motifs is 1. The van der Waals surface area contributed by atoms with Gasteiger partial charge in [-0.2, -0.15) is 0 Å². The van der Waals surface area contributed by atoms with E-state index < -0.39 is 40.7 Å². The summed E-state index contributed by atoms with van der Waals surface area (Å²) in [6, 6.07) is 22.0. The fraction of sp³-hybridized carbons (Fsp3) is 0.400. The van der Waals surface area contributed by atoms with E-state index in [0.29, 0.717) is 28.6 Å². The maximum Gasteiger partial charge on any atom is 0.256 e. The number of pyridine rings is 1. The van der Waals surface area contributed by atoms with E-state index in [1.54, 1.807) is 16.9 Å². The van der Waals surface area contributed by atoms with Crippen LogP contribution in [-0.2, 0) is 19.4 Å². The van der Waals surface area contributed by atoms with Gasteiger partial charge in [0.1, 0.15) is 6.04 Å². The quantitative estimate of drug-likeness (QED) is 0.344. The molecule has 4 aliphatic rings. The minimum atomic E-state index is -3.82. The van der Waals surface area contributed by atoms with Crippen LogP contribution in [0.15, 0.2) is 85.1 Å². The highest BCUT2D eigenvalue weighted by molar-refractivity contribution is 7.90. The second-order valence-corrected chi connectivity index (χ2v) is 16.5. The minimum absolute atomic E-state index is 0.00983. The van der Waals surface area contributed by atoms with Gasteiger partial charge in [-0.1, -0.05) is 56.3 Å². The number of carbonyl (C=O) groups is 1. The fourth-order valence-corrected chi connectivity index (χ4v) is 13.7. The molecule has 7 nitrogen and oxygen atoms in total. The minimum Gasteiger partial charge on any atom is -0.296 e. The van der Waals surface area contributed by atoms with Crippen molar-refractivity contribution in [3.63, 3.8) is 0 Å². The van der Waals surface area contributed by atoms with Crippen LogP contribution in [0.3, 0.4) is 0 Å². The summed E-state index contributed by atoms with van der Waals surface area (Å²) >= 11 is 0. The number of nitrogens with zero attached hydrogens (tertiary/aromatic N) is 3. The molecule has 0 N–H and O–H groups in total. The number of amides is 1. The molecule has 2 aromatic carbocycles. The molecular formula is C30H32N3O4PS. The predicted octanol–water partition coefficient (Wildman–Crippen LogP) is 4.10. The Bertz CT molecular complexity index is 1560. The lowest BCUT2D eigenvalue weighted by atomic mass is 9.69. The van der Waals surface area contributed by atoms with Gasteiger partial charge in [0.05, 0.1) is 23.5 Å². The van der Waals surface area contributed by atoms with Gasteiger partial charge in [-0.25, -0.2) is 17.4 Å². The van der Waals surface area contributed by atoms with Gasteiger partial charge >= 0.3 is 0 Å². The van der Waals surface area contributed by atoms with E-state index in [1.165, 1.54) is 4.31 Å². The van der Waals surface area contributed by atoms with E-state index in [-0.39, 0.29) is 17.2 Å². The molecule has 1 amide bonds. The molecule has 7 rings (SSSR count). The van der Waals surface area contributed by atoms with Crippen molar-refractivity contribution in [3.8, 4) is 0 Å². The second kappa shape index (κ2) is 8.35. The molecule has 3 heterocycles. The lowest BCUT2D eigenvalue weighted by Gasteiger charge is -2.37. The van der Waals surface area contributed by atoms with Crippen LogP contribution in [0.2, 0.25) is 0 Å². The summed E-state index contributed by atoms with van der Waals surface area (Å²) in [5.74, 6) is -0.0616. The van der Waals surface area contributed by atoms with Gasteiger partial charge in [-0.3, -0.25) is 14.3 Å². The van der Waals surface area contributed by atoms with E-state index >= 15 is 4.57 Å². The molecule has 1 spiro atoms. The first-order chi connectivity index (χ1) is 18.6. The lowest BCUT2D eigenvalue weighted by molar-refractivity contribution is -0.129. The molecule has 202 valence electrons. The molecule has 0 radical (unpaired) electrons. The van der Waals surface area contributed by atoms with Crippen LogP contribution in [0, 0.1) is 16.7 Å². The molecule has 2 saturated carbocycles. The van der Waals surface area contributed by atoms with Gasteiger partial charge in [-0.05, 0) is 67.0 Å². The normalized spacial score (nSPS) is 33.6. The molecular weight excluding hydrogens is 529 g/mol. The fourth-order valence-electron chi connectivity index (χ4n) is 8.05. The molecule has 1 aromatic heterocycles. The molecule has 4 fully saturated rings. The Morgan fingerprint density at radius 3 is 2.13 bits per heavy atom. The molecule has 2 bridgehead atoms. The highest BCUT2D eigenvalue weighted by Gasteiger charge is 2.74. The summed E-state index contributed by atoms with van der Waals surface area (Å²) in [7, 11) is -7.34. The van der Waals surface area contributed by atoms with Gasteiger partial charge < -0.3 is 0 Å². The Hall–Kier alpha value is -2.80. The topological polar surface area (TPSA) is 87.4 Å². The summed E-state index contributed by atoms with van der Waals surface area (Å²) in [6.07, 6.45) is 4.19. The van der Waals surface area contributed by atoms with Crippen LogP contribution in [0.5, 0.6) is 0 Å². The van der Waals surface area contributed by atoms with E-state index in [9.17, 15) is 13.2 Å². The highest BCUT2D eigenvalue weighted by atomic mass is 32.2. The number of carbonyl (C=O) groups excluding carboxylic acids is 1. The summed E-state index contributed by atoms with van der Waals surface area (Å²) in [5.41, 5.74) is 0.0457. The third kappa shape index (κ3) is 3.31. The number of benzene rings is 2. The van der Waals surface area contributed by atoms with Crippen molar-refractivity contribution in [1.29, 1.82) is 0 Å². The molecule has 2 aliphatic heterocycles. The van der Waals surface area contributed by atoms with Gasteiger partial charge in [0.15, 0.2) is 0 Å². The number of hydrogen-bond acceptors (Lipinski definition) is 5. The first-order valence-corrected chi connectivity index (χ1v) is 16.9. The van der Waals surface area contributed by atoms with Crippen molar-refractivity contribution in [2.24, 2.45) is 16.7 Å². The Kier molecular flexibility index (Phi) is 5.40. The van der Waals surface area contributed by atoms with Gasteiger partial charge in [0.25, 0.3) is 5.91 Å². The average Bonchev–Trinajstić information content (AvgIpc) is 3.53. The summed E-state index contributed by atoms with van der Waals surface area (Å²) in [4.78, 5) is 19.0. The standard InChI is InChI=1S/C30H32N3O4PS/c1-29(2)21-16-17-30(29)20-39(36,37)33(25(30)19-21)28(34)27-26(24-15-9-10-18-31-24)32(27)38(35,22-11-5-3-6-12-22)23-13-7-4-8-14-23/h3-15,18,21,25-27H,16-17,19-20H2,1-2H3/t21-,25-,26-,27-,30-,32?/m0/s1. The molecule has 2 aliphatic carbocycles. The van der Waals surface area contributed by atoms with Gasteiger partial charge in [-0.15, -0.1) is 0 Å². The van der Waals surface area contributed by atoms with E-state index in [1.807, 2.05) is 72.8 Å². The molecule has 2 saturated heterocycles. The van der Waals surface area contributed by atoms with Crippen LogP contribution >= 0.6 is 7.29 Å². The number of hydrogen-bond donors (Lipinski definition) is 0. The largest absolute Gasteiger partial charge is 0.296 e. The van der Waals surface area contributed by atoms with Gasteiger partial charge in [0.2, 0.25) is 17.3 Å². The zero-order chi connectivity index (χ0) is 27.2. The SMILES string of the molecule is CC1(C)[C@H]2CC[C@@]13CS(=O)(=O)N(C(=O)[C@@H]1[C@H](c4ccccn4)N1P(=O)(c1ccccc1)c1ccccc1)[C@H]3C2. The first kappa shape index (κ1) is 25.2. The Balaban J connectivity index is 1.36. The molecule has 6 atom stereocenters. The zero-order valence-corrected chi connectivity index (χ0v) is 23.8. The van der Waals surface area contributed by atoms with Crippen molar-refractivity contribution in [3.05, 3.63) is 90.8 Å². The third-order valence-electron chi connectivity index (χ3n) is 10.2. The Morgan fingerprint density at radius 2 is 1.56 bits per heavy atom.